The van der Waals surface area contributed by atoms with E-state index in [1.807, 2.05) is 12.1 Å². The highest BCUT2D eigenvalue weighted by Crippen LogP contribution is 2.27. The first-order valence-electron chi connectivity index (χ1n) is 5.15. The van der Waals surface area contributed by atoms with Crippen LogP contribution in [0.25, 0.3) is 0 Å². The number of aryl methyl sites for hydroxylation is 1. The number of hydrogen-bond acceptors (Lipinski definition) is 1. The highest BCUT2D eigenvalue weighted by atomic mass is 19.1. The zero-order valence-electron chi connectivity index (χ0n) is 8.39. The predicted molar refractivity (Wildman–Crippen MR) is 53.8 cm³/mol. The van der Waals surface area contributed by atoms with Crippen molar-refractivity contribution < 1.29 is 9.50 Å². The van der Waals surface area contributed by atoms with Gasteiger partial charge in [0.15, 0.2) is 0 Å². The van der Waals surface area contributed by atoms with Gasteiger partial charge < -0.3 is 5.11 Å². The van der Waals surface area contributed by atoms with Gasteiger partial charge >= 0.3 is 0 Å². The Bertz CT molecular complexity index is 344. The molecule has 0 heterocycles. The minimum Gasteiger partial charge on any atom is -0.393 e. The molecule has 0 aromatic heterocycles. The number of aliphatic hydroxyl groups is 1. The van der Waals surface area contributed by atoms with Gasteiger partial charge in [0.2, 0.25) is 0 Å². The Balaban J connectivity index is 2.35. The summed E-state index contributed by atoms with van der Waals surface area (Å²) in [5.41, 5.74) is 2.68. The van der Waals surface area contributed by atoms with Gasteiger partial charge in [-0.1, -0.05) is 12.1 Å². The van der Waals surface area contributed by atoms with E-state index in [1.165, 1.54) is 0 Å². The molecule has 76 valence electrons. The third kappa shape index (κ3) is 1.67. The minimum absolute atomic E-state index is 0.0825. The van der Waals surface area contributed by atoms with Gasteiger partial charge in [-0.15, -0.1) is 0 Å². The molecule has 0 saturated heterocycles. The molecule has 0 bridgehead atoms. The van der Waals surface area contributed by atoms with Crippen LogP contribution >= 0.6 is 0 Å². The topological polar surface area (TPSA) is 20.2 Å². The summed E-state index contributed by atoms with van der Waals surface area (Å²) < 4.78 is 13.8. The molecule has 1 aromatic rings. The molecule has 0 fully saturated rings. The lowest BCUT2D eigenvalue weighted by molar-refractivity contribution is 0.194. The maximum atomic E-state index is 13.8. The van der Waals surface area contributed by atoms with Crippen molar-refractivity contribution in [2.45, 2.75) is 38.7 Å². The fraction of sp³-hybridized carbons (Fsp3) is 0.500. The Labute approximate surface area is 83.6 Å². The van der Waals surface area contributed by atoms with Crippen LogP contribution < -0.4 is 0 Å². The molecule has 0 spiro atoms. The number of rotatable bonds is 2. The van der Waals surface area contributed by atoms with Gasteiger partial charge in [-0.3, -0.25) is 0 Å². The van der Waals surface area contributed by atoms with E-state index in [4.69, 9.17) is 0 Å². The monoisotopic (exact) mass is 194 g/mol. The molecule has 2 heteroatoms. The average molecular weight is 194 g/mol. The van der Waals surface area contributed by atoms with Crippen molar-refractivity contribution in [2.24, 2.45) is 0 Å². The smallest absolute Gasteiger partial charge is 0.129 e. The third-order valence-corrected chi connectivity index (χ3v) is 2.81. The Morgan fingerprint density at radius 2 is 2.21 bits per heavy atom. The van der Waals surface area contributed by atoms with Gasteiger partial charge in [-0.2, -0.15) is 0 Å². The van der Waals surface area contributed by atoms with E-state index in [2.05, 4.69) is 0 Å². The highest BCUT2D eigenvalue weighted by molar-refractivity contribution is 5.37. The Morgan fingerprint density at radius 1 is 1.43 bits per heavy atom. The first-order valence-corrected chi connectivity index (χ1v) is 5.15. The summed E-state index contributed by atoms with van der Waals surface area (Å²) in [6, 6.07) is 3.81. The van der Waals surface area contributed by atoms with Crippen molar-refractivity contribution in [3.05, 3.63) is 34.6 Å². The molecule has 14 heavy (non-hydrogen) atoms. The van der Waals surface area contributed by atoms with Gasteiger partial charge in [0.25, 0.3) is 0 Å². The average Bonchev–Trinajstić information content (AvgIpc) is 2.57. The Morgan fingerprint density at radius 3 is 2.93 bits per heavy atom. The summed E-state index contributed by atoms with van der Waals surface area (Å²) in [7, 11) is 0. The summed E-state index contributed by atoms with van der Waals surface area (Å²) in [5, 5.41) is 9.21. The lowest BCUT2D eigenvalue weighted by Gasteiger charge is -2.09. The van der Waals surface area contributed by atoms with E-state index in [0.29, 0.717) is 12.0 Å². The molecule has 0 radical (unpaired) electrons. The van der Waals surface area contributed by atoms with Crippen LogP contribution in [0.1, 0.15) is 30.0 Å². The Kier molecular flexibility index (Phi) is 2.55. The van der Waals surface area contributed by atoms with Crippen LogP contribution in [0.2, 0.25) is 0 Å². The van der Waals surface area contributed by atoms with Crippen molar-refractivity contribution in [3.63, 3.8) is 0 Å². The summed E-state index contributed by atoms with van der Waals surface area (Å²) in [6.07, 6.45) is 2.86. The second kappa shape index (κ2) is 3.70. The zero-order chi connectivity index (χ0) is 10.1. The minimum atomic E-state index is -0.469. The second-order valence-corrected chi connectivity index (χ2v) is 4.08. The van der Waals surface area contributed by atoms with Gasteiger partial charge in [0.1, 0.15) is 5.82 Å². The lowest BCUT2D eigenvalue weighted by atomic mass is 10.0. The first-order chi connectivity index (χ1) is 6.68. The molecule has 1 aliphatic rings. The van der Waals surface area contributed by atoms with E-state index in [-0.39, 0.29) is 5.82 Å². The highest BCUT2D eigenvalue weighted by Gasteiger charge is 2.18. The van der Waals surface area contributed by atoms with Crippen molar-refractivity contribution in [3.8, 4) is 0 Å². The van der Waals surface area contributed by atoms with E-state index < -0.39 is 6.10 Å². The summed E-state index contributed by atoms with van der Waals surface area (Å²) in [4.78, 5) is 0. The SMILES string of the molecule is CC(O)Cc1ccc2c(c1F)CCC2. The molecule has 1 unspecified atom stereocenters. The molecule has 1 N–H and O–H groups in total. The number of halogens is 1. The number of hydrogen-bond donors (Lipinski definition) is 1. The number of fused-ring (bicyclic) bond motifs is 1. The van der Waals surface area contributed by atoms with Crippen molar-refractivity contribution in [1.82, 2.24) is 0 Å². The van der Waals surface area contributed by atoms with Crippen LogP contribution in [-0.2, 0) is 19.3 Å². The molecule has 1 nitrogen and oxygen atoms in total. The predicted octanol–water partition coefficient (Wildman–Crippen LogP) is 2.24. The molecule has 1 aliphatic carbocycles. The third-order valence-electron chi connectivity index (χ3n) is 2.81. The quantitative estimate of drug-likeness (QED) is 0.765. The van der Waals surface area contributed by atoms with Gasteiger partial charge in [0, 0.05) is 6.42 Å². The standard InChI is InChI=1S/C12H15FO/c1-8(14)7-10-6-5-9-3-2-4-11(9)12(10)13/h5-6,8,14H,2-4,7H2,1H3. The van der Waals surface area contributed by atoms with E-state index >= 15 is 0 Å². The first kappa shape index (κ1) is 9.66. The number of aliphatic hydroxyl groups excluding tert-OH is 1. The molecule has 0 amide bonds. The molecular weight excluding hydrogens is 179 g/mol. The Hall–Kier alpha value is -0.890. The summed E-state index contributed by atoms with van der Waals surface area (Å²) in [6.45, 7) is 1.69. The lowest BCUT2D eigenvalue weighted by Crippen LogP contribution is -2.07. The fourth-order valence-electron chi connectivity index (χ4n) is 2.15. The molecular formula is C12H15FO. The van der Waals surface area contributed by atoms with Crippen LogP contribution in [-0.4, -0.2) is 11.2 Å². The van der Waals surface area contributed by atoms with Crippen molar-refractivity contribution in [1.29, 1.82) is 0 Å². The van der Waals surface area contributed by atoms with Gasteiger partial charge in [-0.05, 0) is 42.9 Å². The van der Waals surface area contributed by atoms with Crippen molar-refractivity contribution >= 4 is 0 Å². The maximum Gasteiger partial charge on any atom is 0.129 e. The van der Waals surface area contributed by atoms with Crippen LogP contribution in [0.5, 0.6) is 0 Å². The van der Waals surface area contributed by atoms with E-state index in [9.17, 15) is 9.50 Å². The van der Waals surface area contributed by atoms with Crippen LogP contribution in [0.3, 0.4) is 0 Å². The van der Waals surface area contributed by atoms with Crippen LogP contribution in [0.4, 0.5) is 4.39 Å². The molecule has 1 atom stereocenters. The summed E-state index contributed by atoms with van der Waals surface area (Å²) >= 11 is 0. The van der Waals surface area contributed by atoms with E-state index in [0.717, 1.165) is 30.4 Å². The molecule has 0 saturated carbocycles. The van der Waals surface area contributed by atoms with Crippen molar-refractivity contribution in [2.75, 3.05) is 0 Å². The summed E-state index contributed by atoms with van der Waals surface area (Å²) in [5.74, 6) is -0.0825. The fourth-order valence-corrected chi connectivity index (χ4v) is 2.15. The van der Waals surface area contributed by atoms with Crippen LogP contribution in [0, 0.1) is 5.82 Å². The maximum absolute atomic E-state index is 13.8. The molecule has 0 aliphatic heterocycles. The van der Waals surface area contributed by atoms with Gasteiger partial charge in [0.05, 0.1) is 6.10 Å². The van der Waals surface area contributed by atoms with Crippen LogP contribution in [0.15, 0.2) is 12.1 Å². The van der Waals surface area contributed by atoms with E-state index in [1.54, 1.807) is 6.92 Å². The molecule has 2 rings (SSSR count). The second-order valence-electron chi connectivity index (χ2n) is 4.08. The van der Waals surface area contributed by atoms with Gasteiger partial charge in [-0.25, -0.2) is 4.39 Å². The zero-order valence-corrected chi connectivity index (χ0v) is 8.39. The largest absolute Gasteiger partial charge is 0.393 e. The number of benzene rings is 1. The normalized spacial score (nSPS) is 16.8. The molecule has 1 aromatic carbocycles.